The molecule has 1 heteroatoms. The van der Waals surface area contributed by atoms with E-state index in [4.69, 9.17) is 0 Å². The van der Waals surface area contributed by atoms with Crippen LogP contribution in [0.15, 0.2) is 43.0 Å². The highest BCUT2D eigenvalue weighted by molar-refractivity contribution is 5.85. The number of piperidine rings is 1. The van der Waals surface area contributed by atoms with Gasteiger partial charge in [0, 0.05) is 12.5 Å². The molecule has 0 amide bonds. The van der Waals surface area contributed by atoms with Crippen LogP contribution in [0.4, 0.5) is 0 Å². The van der Waals surface area contributed by atoms with Crippen LogP contribution in [-0.4, -0.2) is 24.5 Å². The average molecular weight is 390 g/mol. The molecule has 1 nitrogen and oxygen atoms in total. The Morgan fingerprint density at radius 2 is 1.66 bits per heavy atom. The maximum absolute atomic E-state index is 3.93. The van der Waals surface area contributed by atoms with Crippen molar-refractivity contribution in [3.63, 3.8) is 0 Å². The van der Waals surface area contributed by atoms with Gasteiger partial charge in [0.1, 0.15) is 0 Å². The zero-order chi connectivity index (χ0) is 20.3. The number of likely N-dealkylation sites (tertiary alicyclic amines) is 1. The van der Waals surface area contributed by atoms with E-state index in [1.54, 1.807) is 5.56 Å². The lowest BCUT2D eigenvalue weighted by Crippen LogP contribution is -2.40. The van der Waals surface area contributed by atoms with Crippen molar-refractivity contribution in [3.8, 4) is 0 Å². The molecule has 1 saturated heterocycles. The van der Waals surface area contributed by atoms with Crippen LogP contribution in [-0.2, 0) is 0 Å². The number of benzene rings is 2. The fourth-order valence-corrected chi connectivity index (χ4v) is 5.74. The number of hydrogen-bond donors (Lipinski definition) is 0. The smallest absolute Gasteiger partial charge is 0.00555 e. The van der Waals surface area contributed by atoms with Crippen LogP contribution in [0.25, 0.3) is 16.8 Å². The van der Waals surface area contributed by atoms with Gasteiger partial charge in [-0.25, -0.2) is 0 Å². The number of hydrogen-bond acceptors (Lipinski definition) is 1. The molecule has 29 heavy (non-hydrogen) atoms. The Bertz CT molecular complexity index is 819. The Morgan fingerprint density at radius 3 is 2.34 bits per heavy atom. The summed E-state index contributed by atoms with van der Waals surface area (Å²) in [6.45, 7) is 12.7. The molecule has 2 aliphatic rings. The Kier molecular flexibility index (Phi) is 6.44. The van der Waals surface area contributed by atoms with Gasteiger partial charge in [0.25, 0.3) is 0 Å². The van der Waals surface area contributed by atoms with Crippen molar-refractivity contribution in [2.75, 3.05) is 19.6 Å². The summed E-state index contributed by atoms with van der Waals surface area (Å²) in [6, 6.07) is 14.0. The quantitative estimate of drug-likeness (QED) is 0.474. The van der Waals surface area contributed by atoms with Crippen LogP contribution in [0.5, 0.6) is 0 Å². The largest absolute Gasteiger partial charge is 0.303 e. The molecule has 1 heterocycles. The van der Waals surface area contributed by atoms with Crippen molar-refractivity contribution < 1.29 is 0 Å². The topological polar surface area (TPSA) is 3.24 Å². The normalized spacial score (nSPS) is 22.3. The monoisotopic (exact) mass is 389 g/mol. The van der Waals surface area contributed by atoms with Crippen LogP contribution in [0.2, 0.25) is 0 Å². The van der Waals surface area contributed by atoms with Crippen molar-refractivity contribution >= 4 is 16.8 Å². The van der Waals surface area contributed by atoms with Crippen molar-refractivity contribution in [2.24, 2.45) is 11.3 Å². The third-order valence-corrected chi connectivity index (χ3v) is 7.93. The third kappa shape index (κ3) is 4.77. The molecule has 0 bridgehead atoms. The number of rotatable bonds is 5. The van der Waals surface area contributed by atoms with E-state index in [-0.39, 0.29) is 0 Å². The Balaban J connectivity index is 1.66. The molecule has 0 spiro atoms. The lowest BCUT2D eigenvalue weighted by atomic mass is 9.68. The second kappa shape index (κ2) is 9.04. The third-order valence-electron chi connectivity index (χ3n) is 7.93. The lowest BCUT2D eigenvalue weighted by Gasteiger charge is -2.42. The van der Waals surface area contributed by atoms with Crippen LogP contribution in [0.3, 0.4) is 0 Å². The summed E-state index contributed by atoms with van der Waals surface area (Å²) in [6.07, 6.45) is 13.1. The summed E-state index contributed by atoms with van der Waals surface area (Å²) < 4.78 is 0. The van der Waals surface area contributed by atoms with E-state index in [0.29, 0.717) is 11.3 Å². The molecule has 2 aromatic carbocycles. The molecule has 1 aliphatic heterocycles. The molecule has 2 aromatic rings. The molecule has 1 aliphatic carbocycles. The Morgan fingerprint density at radius 1 is 1.00 bits per heavy atom. The average Bonchev–Trinajstić information content (AvgIpc) is 2.97. The summed E-state index contributed by atoms with van der Waals surface area (Å²) >= 11 is 0. The van der Waals surface area contributed by atoms with E-state index in [9.17, 15) is 0 Å². The molecule has 0 aromatic heterocycles. The van der Waals surface area contributed by atoms with Crippen LogP contribution in [0.1, 0.15) is 82.3 Å². The lowest BCUT2D eigenvalue weighted by molar-refractivity contribution is 0.125. The van der Waals surface area contributed by atoms with Crippen LogP contribution >= 0.6 is 0 Å². The van der Waals surface area contributed by atoms with Gasteiger partial charge in [-0.2, -0.15) is 0 Å². The first-order valence-electron chi connectivity index (χ1n) is 12.0. The van der Waals surface area contributed by atoms with Crippen LogP contribution < -0.4 is 0 Å². The standard InChI is InChI=1S/C28H39N/c1-4-23-9-10-25-20-26(12-11-24(25)19-23)27(21-29-17-13-22(2)14-18-29)28(3)15-7-5-6-8-16-28/h4,9-12,19-20,22,27H,1,5-8,13-18,21H2,2-3H3. The van der Waals surface area contributed by atoms with Crippen molar-refractivity contribution in [3.05, 3.63) is 54.1 Å². The molecular formula is C28H39N. The molecule has 0 N–H and O–H groups in total. The van der Waals surface area contributed by atoms with E-state index in [1.807, 2.05) is 6.08 Å². The van der Waals surface area contributed by atoms with Crippen LogP contribution in [0, 0.1) is 11.3 Å². The second-order valence-corrected chi connectivity index (χ2v) is 10.2. The number of fused-ring (bicyclic) bond motifs is 1. The van der Waals surface area contributed by atoms with Gasteiger partial charge in [-0.3, -0.25) is 0 Å². The van der Waals surface area contributed by atoms with Crippen molar-refractivity contribution in [1.29, 1.82) is 0 Å². The zero-order valence-electron chi connectivity index (χ0n) is 18.6. The van der Waals surface area contributed by atoms with Crippen molar-refractivity contribution in [1.82, 2.24) is 4.90 Å². The maximum atomic E-state index is 3.93. The first-order valence-corrected chi connectivity index (χ1v) is 12.0. The first-order chi connectivity index (χ1) is 14.1. The zero-order valence-corrected chi connectivity index (χ0v) is 18.6. The predicted molar refractivity (Wildman–Crippen MR) is 127 cm³/mol. The minimum atomic E-state index is 0.425. The van der Waals surface area contributed by atoms with E-state index in [0.717, 1.165) is 5.92 Å². The molecule has 156 valence electrons. The molecule has 1 saturated carbocycles. The summed E-state index contributed by atoms with van der Waals surface area (Å²) in [4.78, 5) is 2.77. The molecule has 1 unspecified atom stereocenters. The fourth-order valence-electron chi connectivity index (χ4n) is 5.74. The molecule has 0 radical (unpaired) electrons. The summed E-state index contributed by atoms with van der Waals surface area (Å²) in [5, 5.41) is 2.71. The molecule has 2 fully saturated rings. The van der Waals surface area contributed by atoms with Gasteiger partial charge >= 0.3 is 0 Å². The highest BCUT2D eigenvalue weighted by Crippen LogP contribution is 2.47. The minimum Gasteiger partial charge on any atom is -0.303 e. The van der Waals surface area contributed by atoms with Gasteiger partial charge in [0.05, 0.1) is 0 Å². The highest BCUT2D eigenvalue weighted by Gasteiger charge is 2.37. The van der Waals surface area contributed by atoms with Gasteiger partial charge in [0.15, 0.2) is 0 Å². The van der Waals surface area contributed by atoms with E-state index < -0.39 is 0 Å². The van der Waals surface area contributed by atoms with Gasteiger partial charge in [0.2, 0.25) is 0 Å². The van der Waals surface area contributed by atoms with Gasteiger partial charge in [-0.05, 0) is 78.1 Å². The predicted octanol–water partition coefficient (Wildman–Crippen LogP) is 7.66. The fraction of sp³-hybridized carbons (Fsp3) is 0.571. The molecule has 4 rings (SSSR count). The summed E-state index contributed by atoms with van der Waals surface area (Å²) in [5.74, 6) is 1.54. The second-order valence-electron chi connectivity index (χ2n) is 10.2. The molecule has 1 atom stereocenters. The Labute approximate surface area is 178 Å². The van der Waals surface area contributed by atoms with Gasteiger partial charge in [-0.15, -0.1) is 0 Å². The summed E-state index contributed by atoms with van der Waals surface area (Å²) in [7, 11) is 0. The van der Waals surface area contributed by atoms with E-state index >= 15 is 0 Å². The number of nitrogens with zero attached hydrogens (tertiary/aromatic N) is 1. The molecular weight excluding hydrogens is 350 g/mol. The Hall–Kier alpha value is -1.60. The van der Waals surface area contributed by atoms with Crippen molar-refractivity contribution in [2.45, 2.75) is 71.1 Å². The van der Waals surface area contributed by atoms with E-state index in [1.165, 1.54) is 87.3 Å². The SMILES string of the molecule is C=Cc1ccc2cc(C(CN3CCC(C)CC3)C3(C)CCCCCC3)ccc2c1. The summed E-state index contributed by atoms with van der Waals surface area (Å²) in [5.41, 5.74) is 3.20. The minimum absolute atomic E-state index is 0.425. The van der Waals surface area contributed by atoms with Gasteiger partial charge in [-0.1, -0.05) is 82.5 Å². The van der Waals surface area contributed by atoms with Gasteiger partial charge < -0.3 is 4.90 Å². The van der Waals surface area contributed by atoms with E-state index in [2.05, 4.69) is 61.7 Å². The first kappa shape index (κ1) is 20.7. The highest BCUT2D eigenvalue weighted by atomic mass is 15.1. The maximum Gasteiger partial charge on any atom is 0.00555 e.